The molecule has 1 heteroatoms. The average molecular weight is 189 g/mol. The number of aromatic amines is 1. The van der Waals surface area contributed by atoms with Crippen molar-refractivity contribution in [3.8, 4) is 0 Å². The quantitative estimate of drug-likeness (QED) is 0.696. The molecule has 1 heterocycles. The maximum Gasteiger partial charge on any atom is 0.0458 e. The van der Waals surface area contributed by atoms with Crippen LogP contribution in [0, 0.1) is 6.92 Å². The molecule has 0 aliphatic rings. The first-order chi connectivity index (χ1) is 6.81. The van der Waals surface area contributed by atoms with Crippen LogP contribution in [-0.2, 0) is 6.42 Å². The maximum absolute atomic E-state index is 3.33. The van der Waals surface area contributed by atoms with Gasteiger partial charge in [-0.1, -0.05) is 32.9 Å². The molecule has 0 bridgehead atoms. The van der Waals surface area contributed by atoms with Crippen LogP contribution in [0.4, 0.5) is 0 Å². The molecule has 0 unspecified atom stereocenters. The van der Waals surface area contributed by atoms with Gasteiger partial charge in [-0.2, -0.15) is 0 Å². The number of nitrogens with one attached hydrogen (secondary N) is 1. The van der Waals surface area contributed by atoms with Crippen LogP contribution >= 0.6 is 0 Å². The topological polar surface area (TPSA) is 15.8 Å². The second-order valence-corrected chi connectivity index (χ2v) is 3.18. The number of aryl methyl sites for hydroxylation is 2. The lowest BCUT2D eigenvalue weighted by Gasteiger charge is -1.96. The van der Waals surface area contributed by atoms with E-state index < -0.39 is 0 Å². The fraction of sp³-hybridized carbons (Fsp3) is 0.385. The van der Waals surface area contributed by atoms with Gasteiger partial charge in [-0.15, -0.1) is 0 Å². The molecule has 0 fully saturated rings. The first kappa shape index (κ1) is 10.8. The SMILES string of the molecule is CC.CCc1cccc2[nH]c(C)cc12. The molecule has 1 aromatic carbocycles. The van der Waals surface area contributed by atoms with Crippen molar-refractivity contribution in [3.05, 3.63) is 35.5 Å². The summed E-state index contributed by atoms with van der Waals surface area (Å²) in [7, 11) is 0. The number of hydrogen-bond acceptors (Lipinski definition) is 0. The van der Waals surface area contributed by atoms with Crippen LogP contribution in [0.15, 0.2) is 24.3 Å². The summed E-state index contributed by atoms with van der Waals surface area (Å²) in [5.41, 5.74) is 3.93. The highest BCUT2D eigenvalue weighted by Crippen LogP contribution is 2.19. The zero-order valence-electron chi connectivity index (χ0n) is 9.52. The Bertz CT molecular complexity index is 399. The van der Waals surface area contributed by atoms with E-state index in [1.807, 2.05) is 13.8 Å². The zero-order chi connectivity index (χ0) is 10.6. The molecule has 0 aliphatic heterocycles. The predicted molar refractivity (Wildman–Crippen MR) is 63.8 cm³/mol. The molecule has 0 spiro atoms. The van der Waals surface area contributed by atoms with E-state index >= 15 is 0 Å². The summed E-state index contributed by atoms with van der Waals surface area (Å²) in [4.78, 5) is 3.33. The van der Waals surface area contributed by atoms with E-state index in [-0.39, 0.29) is 0 Å². The summed E-state index contributed by atoms with van der Waals surface area (Å²) in [5, 5.41) is 1.37. The summed E-state index contributed by atoms with van der Waals surface area (Å²) in [5.74, 6) is 0. The van der Waals surface area contributed by atoms with Crippen LogP contribution in [0.1, 0.15) is 32.0 Å². The highest BCUT2D eigenvalue weighted by Gasteiger charge is 2.00. The first-order valence-corrected chi connectivity index (χ1v) is 5.38. The Labute approximate surface area is 86.2 Å². The van der Waals surface area contributed by atoms with Gasteiger partial charge in [-0.3, -0.25) is 0 Å². The summed E-state index contributed by atoms with van der Waals surface area (Å²) >= 11 is 0. The van der Waals surface area contributed by atoms with Crippen molar-refractivity contribution in [2.75, 3.05) is 0 Å². The van der Waals surface area contributed by atoms with Crippen molar-refractivity contribution in [3.63, 3.8) is 0 Å². The zero-order valence-corrected chi connectivity index (χ0v) is 9.52. The van der Waals surface area contributed by atoms with Gasteiger partial charge in [0.05, 0.1) is 0 Å². The largest absolute Gasteiger partial charge is 0.359 e. The van der Waals surface area contributed by atoms with Crippen LogP contribution in [0.25, 0.3) is 10.9 Å². The number of fused-ring (bicyclic) bond motifs is 1. The fourth-order valence-electron chi connectivity index (χ4n) is 1.67. The lowest BCUT2D eigenvalue weighted by atomic mass is 10.1. The van der Waals surface area contributed by atoms with Crippen LogP contribution in [-0.4, -0.2) is 4.98 Å². The lowest BCUT2D eigenvalue weighted by molar-refractivity contribution is 1.16. The second kappa shape index (κ2) is 4.85. The molecule has 1 nitrogen and oxygen atoms in total. The monoisotopic (exact) mass is 189 g/mol. The third-order valence-electron chi connectivity index (χ3n) is 2.27. The van der Waals surface area contributed by atoms with Gasteiger partial charge in [0.25, 0.3) is 0 Å². The average Bonchev–Trinajstić information content (AvgIpc) is 2.60. The Morgan fingerprint density at radius 1 is 1.21 bits per heavy atom. The third-order valence-corrected chi connectivity index (χ3v) is 2.27. The minimum atomic E-state index is 1.11. The fourth-order valence-corrected chi connectivity index (χ4v) is 1.67. The van der Waals surface area contributed by atoms with E-state index in [0.717, 1.165) is 6.42 Å². The smallest absolute Gasteiger partial charge is 0.0458 e. The molecular weight excluding hydrogens is 170 g/mol. The Morgan fingerprint density at radius 3 is 2.57 bits per heavy atom. The van der Waals surface area contributed by atoms with Crippen molar-refractivity contribution >= 4 is 10.9 Å². The number of benzene rings is 1. The molecule has 0 saturated carbocycles. The van der Waals surface area contributed by atoms with E-state index in [0.29, 0.717) is 0 Å². The minimum Gasteiger partial charge on any atom is -0.359 e. The van der Waals surface area contributed by atoms with Crippen LogP contribution in [0.2, 0.25) is 0 Å². The van der Waals surface area contributed by atoms with Gasteiger partial charge in [0.2, 0.25) is 0 Å². The Morgan fingerprint density at radius 2 is 1.93 bits per heavy atom. The van der Waals surface area contributed by atoms with Gasteiger partial charge in [-0.25, -0.2) is 0 Å². The lowest BCUT2D eigenvalue weighted by Crippen LogP contribution is -1.79. The van der Waals surface area contributed by atoms with E-state index in [1.165, 1.54) is 22.2 Å². The third kappa shape index (κ3) is 1.98. The number of rotatable bonds is 1. The van der Waals surface area contributed by atoms with Crippen LogP contribution < -0.4 is 0 Å². The number of H-pyrrole nitrogens is 1. The van der Waals surface area contributed by atoms with Crippen molar-refractivity contribution in [1.29, 1.82) is 0 Å². The van der Waals surface area contributed by atoms with E-state index in [1.54, 1.807) is 0 Å². The van der Waals surface area contributed by atoms with Crippen LogP contribution in [0.5, 0.6) is 0 Å². The molecule has 0 aliphatic carbocycles. The van der Waals surface area contributed by atoms with E-state index in [2.05, 4.69) is 43.1 Å². The summed E-state index contributed by atoms with van der Waals surface area (Å²) in [6.07, 6.45) is 1.11. The van der Waals surface area contributed by atoms with Gasteiger partial charge in [0.1, 0.15) is 0 Å². The molecule has 2 aromatic rings. The highest BCUT2D eigenvalue weighted by molar-refractivity contribution is 5.83. The molecule has 2 rings (SSSR count). The Balaban J connectivity index is 0.000000461. The van der Waals surface area contributed by atoms with Crippen LogP contribution in [0.3, 0.4) is 0 Å². The van der Waals surface area contributed by atoms with Crippen molar-refractivity contribution < 1.29 is 0 Å². The van der Waals surface area contributed by atoms with E-state index in [9.17, 15) is 0 Å². The van der Waals surface area contributed by atoms with Gasteiger partial charge in [0, 0.05) is 16.6 Å². The molecule has 14 heavy (non-hydrogen) atoms. The molecule has 1 N–H and O–H groups in total. The Kier molecular flexibility index (Phi) is 3.75. The standard InChI is InChI=1S/C11H13N.C2H6/c1-3-9-5-4-6-11-10(9)7-8(2)12-11;1-2/h4-7,12H,3H2,1-2H3;1-2H3. The van der Waals surface area contributed by atoms with Gasteiger partial charge >= 0.3 is 0 Å². The summed E-state index contributed by atoms with van der Waals surface area (Å²) in [6.45, 7) is 8.29. The second-order valence-electron chi connectivity index (χ2n) is 3.18. The summed E-state index contributed by atoms with van der Waals surface area (Å²) in [6, 6.07) is 8.64. The summed E-state index contributed by atoms with van der Waals surface area (Å²) < 4.78 is 0. The maximum atomic E-state index is 3.33. The number of aromatic nitrogens is 1. The molecule has 76 valence electrons. The van der Waals surface area contributed by atoms with Crippen molar-refractivity contribution in [2.24, 2.45) is 0 Å². The normalized spacial score (nSPS) is 9.71. The Hall–Kier alpha value is -1.24. The van der Waals surface area contributed by atoms with Gasteiger partial charge < -0.3 is 4.98 Å². The number of hydrogen-bond donors (Lipinski definition) is 1. The molecule has 0 saturated heterocycles. The predicted octanol–water partition coefficient (Wildman–Crippen LogP) is 4.06. The van der Waals surface area contributed by atoms with Crippen molar-refractivity contribution in [2.45, 2.75) is 34.1 Å². The first-order valence-electron chi connectivity index (χ1n) is 5.38. The van der Waals surface area contributed by atoms with Crippen molar-refractivity contribution in [1.82, 2.24) is 4.98 Å². The molecular formula is C13H19N. The minimum absolute atomic E-state index is 1.11. The highest BCUT2D eigenvalue weighted by atomic mass is 14.7. The molecule has 0 amide bonds. The molecule has 1 aromatic heterocycles. The van der Waals surface area contributed by atoms with Gasteiger partial charge in [-0.05, 0) is 31.0 Å². The van der Waals surface area contributed by atoms with E-state index in [4.69, 9.17) is 0 Å². The molecule has 0 atom stereocenters. The van der Waals surface area contributed by atoms with Gasteiger partial charge in [0.15, 0.2) is 0 Å². The molecule has 0 radical (unpaired) electrons.